The molecule has 42 heavy (non-hydrogen) atoms. The van der Waals surface area contributed by atoms with E-state index < -0.39 is 62.0 Å². The number of phenolic OH excluding ortho intramolecular Hbond substituents is 1. The van der Waals surface area contributed by atoms with Crippen LogP contribution >= 0.6 is 39.1 Å². The number of ether oxygens (including phenoxy) is 1. The molecule has 2 aromatic carbocycles. The van der Waals surface area contributed by atoms with Crippen LogP contribution in [0.5, 0.6) is 11.5 Å². The van der Waals surface area contributed by atoms with Crippen molar-refractivity contribution in [1.29, 1.82) is 0 Å². The molecule has 0 spiro atoms. The zero-order chi connectivity index (χ0) is 30.3. The van der Waals surface area contributed by atoms with E-state index in [1.165, 1.54) is 37.4 Å². The number of nitro groups is 1. The lowest BCUT2D eigenvalue weighted by molar-refractivity contribution is -0.384. The Morgan fingerprint density at radius 2 is 1.83 bits per heavy atom. The van der Waals surface area contributed by atoms with E-state index in [2.05, 4.69) is 15.9 Å². The van der Waals surface area contributed by atoms with Gasteiger partial charge < -0.3 is 9.84 Å². The number of phenols is 1. The predicted octanol–water partition coefficient (Wildman–Crippen LogP) is 4.22. The largest absolute Gasteiger partial charge is 0.504 e. The number of non-ortho nitro benzene ring substituents is 1. The molecular weight excluding hydrogens is 657 g/mol. The molecule has 218 valence electrons. The van der Waals surface area contributed by atoms with E-state index in [4.69, 9.17) is 27.9 Å². The number of alkyl halides is 3. The Labute approximate surface area is 257 Å². The molecule has 4 aliphatic rings. The number of hydrogen-bond donors (Lipinski definition) is 1. The number of amides is 4. The van der Waals surface area contributed by atoms with Crippen molar-refractivity contribution in [3.8, 4) is 11.5 Å². The number of anilines is 1. The molecule has 4 amide bonds. The van der Waals surface area contributed by atoms with Crippen molar-refractivity contribution in [2.45, 2.75) is 28.5 Å². The van der Waals surface area contributed by atoms with Crippen LogP contribution in [-0.2, 0) is 19.2 Å². The van der Waals surface area contributed by atoms with Crippen LogP contribution in [0, 0.1) is 27.9 Å². The maximum Gasteiger partial charge on any atom is 0.271 e. The summed E-state index contributed by atoms with van der Waals surface area (Å²) in [7, 11) is 1.38. The average Bonchev–Trinajstić information content (AvgIpc) is 3.30. The van der Waals surface area contributed by atoms with Crippen molar-refractivity contribution in [2.24, 2.45) is 17.8 Å². The minimum absolute atomic E-state index is 0.0625. The second-order valence-corrected chi connectivity index (χ2v) is 12.4. The van der Waals surface area contributed by atoms with Gasteiger partial charge in [-0.25, -0.2) is 4.90 Å². The summed E-state index contributed by atoms with van der Waals surface area (Å²) >= 11 is 17.5. The summed E-state index contributed by atoms with van der Waals surface area (Å²) in [6.45, 7) is 0. The number of allylic oxidation sites excluding steroid dienone is 2. The number of hydrogen-bond acceptors (Lipinski definition) is 8. The third-order valence-electron chi connectivity index (χ3n) is 8.85. The van der Waals surface area contributed by atoms with E-state index in [9.17, 15) is 34.4 Å². The molecule has 11 nitrogen and oxygen atoms in total. The van der Waals surface area contributed by atoms with Gasteiger partial charge in [-0.2, -0.15) is 0 Å². The van der Waals surface area contributed by atoms with Gasteiger partial charge in [-0.1, -0.05) is 39.7 Å². The number of imide groups is 2. The van der Waals surface area contributed by atoms with Gasteiger partial charge in [0.15, 0.2) is 21.2 Å². The van der Waals surface area contributed by atoms with Crippen LogP contribution in [0.4, 0.5) is 11.4 Å². The van der Waals surface area contributed by atoms with Crippen LogP contribution in [0.25, 0.3) is 0 Å². The Hall–Kier alpha value is -3.48. The second kappa shape index (κ2) is 9.78. The molecule has 0 radical (unpaired) electrons. The fourth-order valence-corrected chi connectivity index (χ4v) is 8.44. The zero-order valence-electron chi connectivity index (χ0n) is 21.8. The molecule has 3 fully saturated rings. The van der Waals surface area contributed by atoms with E-state index in [0.29, 0.717) is 11.1 Å². The van der Waals surface area contributed by atoms with Crippen LogP contribution in [0.1, 0.15) is 24.3 Å². The fraction of sp³-hybridized carbons (Fsp3) is 0.357. The van der Waals surface area contributed by atoms with Gasteiger partial charge in [0.2, 0.25) is 11.8 Å². The molecule has 2 aromatic rings. The number of nitrogens with zero attached hydrogens (tertiary/aromatic N) is 3. The van der Waals surface area contributed by atoms with Crippen molar-refractivity contribution in [3.63, 3.8) is 0 Å². The monoisotopic (exact) mass is 677 g/mol. The highest BCUT2D eigenvalue weighted by Gasteiger charge is 2.76. The second-order valence-electron chi connectivity index (χ2n) is 10.7. The number of benzene rings is 2. The van der Waals surface area contributed by atoms with Crippen LogP contribution in [0.3, 0.4) is 0 Å². The van der Waals surface area contributed by atoms with Gasteiger partial charge in [-0.15, -0.1) is 23.2 Å². The number of halogens is 3. The van der Waals surface area contributed by atoms with E-state index in [0.717, 1.165) is 15.9 Å². The summed E-state index contributed by atoms with van der Waals surface area (Å²) < 4.78 is 5.17. The first kappa shape index (κ1) is 28.6. The number of carbonyl (C=O) groups excluding carboxylic acids is 4. The number of carbonyl (C=O) groups is 4. The quantitative estimate of drug-likeness (QED) is 0.123. The Bertz CT molecular complexity index is 1630. The summed E-state index contributed by atoms with van der Waals surface area (Å²) in [5.74, 6) is -6.27. The van der Waals surface area contributed by atoms with E-state index >= 15 is 0 Å². The molecule has 6 atom stereocenters. The van der Waals surface area contributed by atoms with E-state index in [1.807, 2.05) is 0 Å². The molecule has 6 rings (SSSR count). The summed E-state index contributed by atoms with van der Waals surface area (Å²) in [4.78, 5) is 63.8. The number of methoxy groups -OCH3 is 1. The third-order valence-corrected chi connectivity index (χ3v) is 10.8. The van der Waals surface area contributed by atoms with Gasteiger partial charge in [-0.3, -0.25) is 34.2 Å². The van der Waals surface area contributed by atoms with Crippen LogP contribution in [-0.4, -0.2) is 60.9 Å². The first-order valence-corrected chi connectivity index (χ1v) is 14.8. The van der Waals surface area contributed by atoms with Gasteiger partial charge >= 0.3 is 0 Å². The normalized spacial score (nSPS) is 32.0. The molecule has 14 heteroatoms. The van der Waals surface area contributed by atoms with Gasteiger partial charge in [0.25, 0.3) is 17.5 Å². The van der Waals surface area contributed by atoms with Crippen molar-refractivity contribution in [1.82, 2.24) is 4.90 Å². The van der Waals surface area contributed by atoms with Crippen LogP contribution < -0.4 is 9.64 Å². The Balaban J connectivity index is 1.51. The predicted molar refractivity (Wildman–Crippen MR) is 154 cm³/mol. The first-order chi connectivity index (χ1) is 19.9. The standard InChI is InChI=1S/C28H22BrCl2N3O8/c1-42-20-8-5-13(9-19(20)35)22-16-6-7-17-21(18(16)11-27(30)25(38)32(12-29)26(39)28(22,27)31)24(37)33(23(17)36)14-3-2-4-15(10-14)34(40)41/h2-6,8-10,17-18,21-22,35H,7,11-12H2,1H3/t17-,18+,21-,22-,27+,28-/m0/s1. The molecule has 2 heterocycles. The molecule has 1 saturated carbocycles. The molecule has 0 unspecified atom stereocenters. The first-order valence-electron chi connectivity index (χ1n) is 12.9. The van der Waals surface area contributed by atoms with Gasteiger partial charge in [0.05, 0.1) is 35.0 Å². The minimum atomic E-state index is -2.01. The topological polar surface area (TPSA) is 147 Å². The zero-order valence-corrected chi connectivity index (χ0v) is 24.9. The number of nitro benzene ring substituents is 1. The van der Waals surface area contributed by atoms with Crippen molar-refractivity contribution in [3.05, 3.63) is 69.8 Å². The highest BCUT2D eigenvalue weighted by atomic mass is 79.9. The maximum absolute atomic E-state index is 14.0. The highest BCUT2D eigenvalue weighted by molar-refractivity contribution is 9.09. The van der Waals surface area contributed by atoms with Gasteiger partial charge in [-0.05, 0) is 42.5 Å². The summed E-state index contributed by atoms with van der Waals surface area (Å²) in [6, 6.07) is 9.72. The van der Waals surface area contributed by atoms with Crippen molar-refractivity contribution < 1.29 is 33.9 Å². The Morgan fingerprint density at radius 3 is 2.48 bits per heavy atom. The smallest absolute Gasteiger partial charge is 0.271 e. The Morgan fingerprint density at radius 1 is 1.10 bits per heavy atom. The summed E-state index contributed by atoms with van der Waals surface area (Å²) in [6.07, 6.45) is 1.67. The molecule has 2 aliphatic heterocycles. The third kappa shape index (κ3) is 3.64. The average molecular weight is 679 g/mol. The maximum atomic E-state index is 14.0. The molecule has 0 bridgehead atoms. The minimum Gasteiger partial charge on any atom is -0.504 e. The van der Waals surface area contributed by atoms with Gasteiger partial charge in [0, 0.05) is 18.1 Å². The lowest BCUT2D eigenvalue weighted by Crippen LogP contribution is -2.60. The number of fused-ring (bicyclic) bond motifs is 4. The van der Waals surface area contributed by atoms with Gasteiger partial charge in [0.1, 0.15) is 0 Å². The number of rotatable bonds is 5. The molecule has 1 N–H and O–H groups in total. The fourth-order valence-electron chi connectivity index (χ4n) is 7.01. The highest BCUT2D eigenvalue weighted by Crippen LogP contribution is 2.65. The van der Waals surface area contributed by atoms with E-state index in [-0.39, 0.29) is 41.2 Å². The molecule has 0 aromatic heterocycles. The van der Waals surface area contributed by atoms with Crippen molar-refractivity contribution in [2.75, 3.05) is 17.5 Å². The SMILES string of the molecule is COc1ccc([C@H]2C3=CC[C@@H]4C(=O)N(c5cccc([N+](=O)[O-])c5)C(=O)[C@@H]4[C@@H]3C[C@@]3(Cl)C(=O)N(CBr)C(=O)[C@@]23Cl)cc1O. The lowest BCUT2D eigenvalue weighted by Gasteiger charge is -2.50. The molecule has 2 aliphatic carbocycles. The number of aromatic hydroxyl groups is 1. The molecule has 2 saturated heterocycles. The van der Waals surface area contributed by atoms with Crippen LogP contribution in [0.2, 0.25) is 0 Å². The van der Waals surface area contributed by atoms with Crippen molar-refractivity contribution >= 4 is 74.1 Å². The summed E-state index contributed by atoms with van der Waals surface area (Å²) in [5.41, 5.74) is 0.532. The summed E-state index contributed by atoms with van der Waals surface area (Å²) in [5, 5.41) is 22.0. The number of likely N-dealkylation sites (tertiary alicyclic amines) is 1. The van der Waals surface area contributed by atoms with E-state index in [1.54, 1.807) is 12.1 Å². The Kier molecular flexibility index (Phi) is 6.67. The lowest BCUT2D eigenvalue weighted by atomic mass is 9.56. The van der Waals surface area contributed by atoms with Crippen LogP contribution in [0.15, 0.2) is 54.1 Å². The molecular formula is C28H22BrCl2N3O8.